The van der Waals surface area contributed by atoms with Crippen LogP contribution in [0.4, 0.5) is 11.4 Å². The van der Waals surface area contributed by atoms with Gasteiger partial charge in [0.1, 0.15) is 5.70 Å². The second kappa shape index (κ2) is 9.00. The first kappa shape index (κ1) is 22.4. The van der Waals surface area contributed by atoms with Crippen LogP contribution in [0.2, 0.25) is 5.02 Å². The van der Waals surface area contributed by atoms with Gasteiger partial charge in [-0.1, -0.05) is 47.5 Å². The van der Waals surface area contributed by atoms with Gasteiger partial charge in [-0.05, 0) is 49.2 Å². The Balaban J connectivity index is 1.84. The van der Waals surface area contributed by atoms with E-state index < -0.39 is 11.8 Å². The third kappa shape index (κ3) is 4.17. The van der Waals surface area contributed by atoms with Crippen molar-refractivity contribution in [1.82, 2.24) is 0 Å². The predicted octanol–water partition coefficient (Wildman–Crippen LogP) is 5.37. The van der Waals surface area contributed by atoms with E-state index in [0.717, 1.165) is 16.0 Å². The SMILES string of the molecule is COc1ccc(N2C(=O)C(Nc3cc(Cl)ccc3C)=C(c3ccc(C)cc3)C2=O)cc1OC. The molecule has 1 aliphatic heterocycles. The first-order valence-corrected chi connectivity index (χ1v) is 10.7. The molecular weight excluding hydrogens is 440 g/mol. The largest absolute Gasteiger partial charge is 0.493 e. The lowest BCUT2D eigenvalue weighted by molar-refractivity contribution is -0.120. The minimum Gasteiger partial charge on any atom is -0.493 e. The second-order valence-corrected chi connectivity index (χ2v) is 8.12. The molecule has 0 spiro atoms. The van der Waals surface area contributed by atoms with Crippen molar-refractivity contribution in [2.24, 2.45) is 0 Å². The molecule has 0 saturated carbocycles. The van der Waals surface area contributed by atoms with Crippen LogP contribution in [0, 0.1) is 13.8 Å². The van der Waals surface area contributed by atoms with E-state index in [-0.39, 0.29) is 11.3 Å². The molecular formula is C26H23ClN2O4. The molecule has 0 unspecified atom stereocenters. The fourth-order valence-corrected chi connectivity index (χ4v) is 3.87. The van der Waals surface area contributed by atoms with Crippen LogP contribution in [-0.4, -0.2) is 26.0 Å². The first-order valence-electron chi connectivity index (χ1n) is 10.3. The van der Waals surface area contributed by atoms with Crippen LogP contribution in [0.25, 0.3) is 5.57 Å². The Hall–Kier alpha value is -3.77. The van der Waals surface area contributed by atoms with Crippen molar-refractivity contribution < 1.29 is 19.1 Å². The molecule has 0 aliphatic carbocycles. The van der Waals surface area contributed by atoms with Gasteiger partial charge in [-0.15, -0.1) is 0 Å². The van der Waals surface area contributed by atoms with E-state index in [1.165, 1.54) is 14.2 Å². The summed E-state index contributed by atoms with van der Waals surface area (Å²) in [4.78, 5) is 28.4. The number of aryl methyl sites for hydroxylation is 2. The van der Waals surface area contributed by atoms with Crippen molar-refractivity contribution in [3.05, 3.63) is 88.1 Å². The number of carbonyl (C=O) groups is 2. The number of methoxy groups -OCH3 is 2. The van der Waals surface area contributed by atoms with E-state index in [1.54, 1.807) is 30.3 Å². The molecule has 33 heavy (non-hydrogen) atoms. The number of hydrogen-bond donors (Lipinski definition) is 1. The van der Waals surface area contributed by atoms with Crippen LogP contribution < -0.4 is 19.7 Å². The zero-order valence-corrected chi connectivity index (χ0v) is 19.5. The Bertz CT molecular complexity index is 1280. The minimum absolute atomic E-state index is 0.184. The number of ether oxygens (including phenoxy) is 2. The smallest absolute Gasteiger partial charge is 0.282 e. The number of hydrogen-bond acceptors (Lipinski definition) is 5. The standard InChI is InChI=1S/C26H23ClN2O4/c1-15-5-8-17(9-6-15)23-24(28-20-13-18(27)10-7-16(20)2)26(31)29(25(23)30)19-11-12-21(32-3)22(14-19)33-4/h5-14,28H,1-4H3. The number of nitrogens with one attached hydrogen (secondary N) is 1. The lowest BCUT2D eigenvalue weighted by Crippen LogP contribution is -2.32. The van der Waals surface area contributed by atoms with Crippen LogP contribution in [0.15, 0.2) is 66.4 Å². The topological polar surface area (TPSA) is 67.9 Å². The van der Waals surface area contributed by atoms with E-state index in [4.69, 9.17) is 21.1 Å². The van der Waals surface area contributed by atoms with Gasteiger partial charge in [0.05, 0.1) is 25.5 Å². The van der Waals surface area contributed by atoms with E-state index in [0.29, 0.717) is 33.5 Å². The molecule has 7 heteroatoms. The summed E-state index contributed by atoms with van der Waals surface area (Å²) in [5.74, 6) is 0.0139. The van der Waals surface area contributed by atoms with E-state index in [1.807, 2.05) is 44.2 Å². The molecule has 2 amide bonds. The third-order valence-electron chi connectivity index (χ3n) is 5.51. The highest BCUT2D eigenvalue weighted by atomic mass is 35.5. The highest BCUT2D eigenvalue weighted by Crippen LogP contribution is 2.38. The summed E-state index contributed by atoms with van der Waals surface area (Å²) in [6.45, 7) is 3.86. The van der Waals surface area contributed by atoms with Gasteiger partial charge in [0.2, 0.25) is 0 Å². The van der Waals surface area contributed by atoms with E-state index >= 15 is 0 Å². The molecule has 1 aliphatic rings. The van der Waals surface area contributed by atoms with Gasteiger partial charge in [0.15, 0.2) is 11.5 Å². The summed E-state index contributed by atoms with van der Waals surface area (Å²) in [7, 11) is 3.02. The number of imide groups is 1. The van der Waals surface area contributed by atoms with Crippen LogP contribution >= 0.6 is 11.6 Å². The molecule has 0 aromatic heterocycles. The molecule has 3 aromatic rings. The molecule has 168 valence electrons. The number of rotatable bonds is 6. The van der Waals surface area contributed by atoms with Crippen molar-refractivity contribution in [3.8, 4) is 11.5 Å². The lowest BCUT2D eigenvalue weighted by atomic mass is 10.0. The quantitative estimate of drug-likeness (QED) is 0.499. The van der Waals surface area contributed by atoms with Crippen molar-refractivity contribution in [2.45, 2.75) is 13.8 Å². The first-order chi connectivity index (χ1) is 15.8. The number of amides is 2. The van der Waals surface area contributed by atoms with Crippen LogP contribution in [0.3, 0.4) is 0 Å². The molecule has 0 atom stereocenters. The highest BCUT2D eigenvalue weighted by molar-refractivity contribution is 6.46. The van der Waals surface area contributed by atoms with Crippen molar-refractivity contribution in [1.29, 1.82) is 0 Å². The van der Waals surface area contributed by atoms with Crippen molar-refractivity contribution in [3.63, 3.8) is 0 Å². The maximum atomic E-state index is 13.6. The number of benzene rings is 3. The third-order valence-corrected chi connectivity index (χ3v) is 5.74. The number of anilines is 2. The fraction of sp³-hybridized carbons (Fsp3) is 0.154. The summed E-state index contributed by atoms with van der Waals surface area (Å²) in [6.07, 6.45) is 0. The monoisotopic (exact) mass is 462 g/mol. The van der Waals surface area contributed by atoms with Crippen molar-refractivity contribution in [2.75, 3.05) is 24.4 Å². The lowest BCUT2D eigenvalue weighted by Gasteiger charge is -2.18. The van der Waals surface area contributed by atoms with Crippen LogP contribution in [0.1, 0.15) is 16.7 Å². The van der Waals surface area contributed by atoms with E-state index in [2.05, 4.69) is 5.32 Å². The Kier molecular flexibility index (Phi) is 6.11. The van der Waals surface area contributed by atoms with Gasteiger partial charge in [0, 0.05) is 16.8 Å². The Labute approximate surface area is 197 Å². The minimum atomic E-state index is -0.470. The van der Waals surface area contributed by atoms with Gasteiger partial charge in [-0.3, -0.25) is 9.59 Å². The van der Waals surface area contributed by atoms with E-state index in [9.17, 15) is 9.59 Å². The summed E-state index contributed by atoms with van der Waals surface area (Å²) in [6, 6.07) is 17.7. The van der Waals surface area contributed by atoms with Gasteiger partial charge in [-0.2, -0.15) is 0 Å². The Morgan fingerprint density at radius 1 is 0.818 bits per heavy atom. The molecule has 0 fully saturated rings. The summed E-state index contributed by atoms with van der Waals surface area (Å²) >= 11 is 6.18. The fourth-order valence-electron chi connectivity index (χ4n) is 3.70. The van der Waals surface area contributed by atoms with Crippen molar-refractivity contribution >= 4 is 40.4 Å². The van der Waals surface area contributed by atoms with Crippen LogP contribution in [0.5, 0.6) is 11.5 Å². The van der Waals surface area contributed by atoms with Crippen LogP contribution in [-0.2, 0) is 9.59 Å². The number of halogens is 1. The number of carbonyl (C=O) groups excluding carboxylic acids is 2. The summed E-state index contributed by atoms with van der Waals surface area (Å²) in [5, 5.41) is 3.69. The van der Waals surface area contributed by atoms with Gasteiger partial charge in [0.25, 0.3) is 11.8 Å². The molecule has 0 bridgehead atoms. The molecule has 1 heterocycles. The molecule has 1 N–H and O–H groups in total. The van der Waals surface area contributed by atoms with Gasteiger partial charge < -0.3 is 14.8 Å². The molecule has 0 saturated heterocycles. The summed E-state index contributed by atoms with van der Waals surface area (Å²) in [5.41, 5.74) is 4.08. The Morgan fingerprint density at radius 3 is 2.18 bits per heavy atom. The van der Waals surface area contributed by atoms with Gasteiger partial charge >= 0.3 is 0 Å². The maximum absolute atomic E-state index is 13.6. The number of nitrogens with zero attached hydrogens (tertiary/aromatic N) is 1. The maximum Gasteiger partial charge on any atom is 0.282 e. The second-order valence-electron chi connectivity index (χ2n) is 7.69. The predicted molar refractivity (Wildman–Crippen MR) is 130 cm³/mol. The normalized spacial score (nSPS) is 13.5. The molecule has 0 radical (unpaired) electrons. The molecule has 6 nitrogen and oxygen atoms in total. The molecule has 4 rings (SSSR count). The average molecular weight is 463 g/mol. The van der Waals surface area contributed by atoms with Gasteiger partial charge in [-0.25, -0.2) is 4.90 Å². The zero-order valence-electron chi connectivity index (χ0n) is 18.7. The average Bonchev–Trinajstić information content (AvgIpc) is 3.05. The zero-order chi connectivity index (χ0) is 23.7. The Morgan fingerprint density at radius 2 is 1.52 bits per heavy atom. The highest BCUT2D eigenvalue weighted by Gasteiger charge is 2.40. The molecule has 3 aromatic carbocycles. The summed E-state index contributed by atoms with van der Waals surface area (Å²) < 4.78 is 10.6.